The number of hydrogen-bond acceptors (Lipinski definition) is 5. The van der Waals surface area contributed by atoms with Crippen molar-refractivity contribution in [3.8, 4) is 0 Å². The van der Waals surface area contributed by atoms with Gasteiger partial charge in [0.25, 0.3) is 5.91 Å². The molecule has 0 bridgehead atoms. The van der Waals surface area contributed by atoms with Crippen molar-refractivity contribution in [2.45, 2.75) is 19.9 Å². The molecule has 0 radical (unpaired) electrons. The Morgan fingerprint density at radius 3 is 3.04 bits per heavy atom. The minimum absolute atomic E-state index is 0.0993. The van der Waals surface area contributed by atoms with Gasteiger partial charge in [-0.1, -0.05) is 25.1 Å². The number of fused-ring (bicyclic) bond motifs is 2. The molecule has 5 nitrogen and oxygen atoms in total. The minimum atomic E-state index is -0.0993. The lowest BCUT2D eigenvalue weighted by Gasteiger charge is -2.29. The van der Waals surface area contributed by atoms with Crippen LogP contribution in [0.3, 0.4) is 0 Å². The molecule has 24 heavy (non-hydrogen) atoms. The van der Waals surface area contributed by atoms with Gasteiger partial charge in [-0.2, -0.15) is 0 Å². The molecule has 0 saturated carbocycles. The highest BCUT2D eigenvalue weighted by molar-refractivity contribution is 7.13. The molecule has 2 aromatic heterocycles. The third-order valence-corrected chi connectivity index (χ3v) is 5.14. The Hall–Kier alpha value is -2.31. The van der Waals surface area contributed by atoms with Gasteiger partial charge in [0, 0.05) is 47.7 Å². The number of hydrogen-bond donors (Lipinski definition) is 1. The summed E-state index contributed by atoms with van der Waals surface area (Å²) in [6.07, 6.45) is 2.57. The molecule has 3 heterocycles. The molecule has 6 heteroatoms. The summed E-state index contributed by atoms with van der Waals surface area (Å²) in [6.45, 7) is 4.88. The average Bonchev–Trinajstić information content (AvgIpc) is 3.12. The Bertz CT molecular complexity index is 891. The van der Waals surface area contributed by atoms with E-state index in [0.29, 0.717) is 5.13 Å². The Morgan fingerprint density at radius 1 is 1.38 bits per heavy atom. The van der Waals surface area contributed by atoms with Crippen LogP contribution in [-0.4, -0.2) is 33.9 Å². The number of rotatable bonds is 3. The summed E-state index contributed by atoms with van der Waals surface area (Å²) < 4.78 is 0. The fourth-order valence-corrected chi connectivity index (χ4v) is 3.74. The first-order chi connectivity index (χ1) is 11.8. The monoisotopic (exact) mass is 338 g/mol. The van der Waals surface area contributed by atoms with E-state index < -0.39 is 0 Å². The van der Waals surface area contributed by atoms with Crippen LogP contribution in [0.15, 0.2) is 35.8 Å². The first kappa shape index (κ1) is 15.2. The van der Waals surface area contributed by atoms with Crippen LogP contribution >= 0.6 is 11.3 Å². The van der Waals surface area contributed by atoms with Crippen LogP contribution in [0.25, 0.3) is 10.9 Å². The Labute approximate surface area is 144 Å². The SMILES string of the molecule is CCN1CCc2nc3ccccc3c(C(=O)Nc3nccs3)c2C1. The van der Waals surface area contributed by atoms with Gasteiger partial charge in [-0.15, -0.1) is 11.3 Å². The second-order valence-corrected chi connectivity index (χ2v) is 6.73. The number of anilines is 1. The van der Waals surface area contributed by atoms with Crippen LogP contribution in [0, 0.1) is 0 Å². The average molecular weight is 338 g/mol. The highest BCUT2D eigenvalue weighted by Gasteiger charge is 2.25. The number of carbonyl (C=O) groups is 1. The molecule has 0 spiro atoms. The van der Waals surface area contributed by atoms with E-state index in [1.165, 1.54) is 11.3 Å². The maximum absolute atomic E-state index is 13.0. The van der Waals surface area contributed by atoms with Gasteiger partial charge in [0.15, 0.2) is 5.13 Å². The topological polar surface area (TPSA) is 58.1 Å². The van der Waals surface area contributed by atoms with Crippen molar-refractivity contribution >= 4 is 33.3 Å². The molecular weight excluding hydrogens is 320 g/mol. The van der Waals surface area contributed by atoms with Crippen LogP contribution in [0.2, 0.25) is 0 Å². The van der Waals surface area contributed by atoms with Crippen LogP contribution in [0.4, 0.5) is 5.13 Å². The van der Waals surface area contributed by atoms with Crippen molar-refractivity contribution in [3.63, 3.8) is 0 Å². The normalized spacial score (nSPS) is 14.5. The van der Waals surface area contributed by atoms with Gasteiger partial charge in [-0.05, 0) is 12.6 Å². The summed E-state index contributed by atoms with van der Waals surface area (Å²) in [7, 11) is 0. The Kier molecular flexibility index (Phi) is 4.00. The second-order valence-electron chi connectivity index (χ2n) is 5.84. The smallest absolute Gasteiger partial charge is 0.258 e. The van der Waals surface area contributed by atoms with E-state index in [9.17, 15) is 4.79 Å². The number of thiazole rings is 1. The summed E-state index contributed by atoms with van der Waals surface area (Å²) in [5.41, 5.74) is 3.72. The van der Waals surface area contributed by atoms with Crippen molar-refractivity contribution < 1.29 is 4.79 Å². The van der Waals surface area contributed by atoms with Crippen LogP contribution in [-0.2, 0) is 13.0 Å². The molecule has 1 aliphatic heterocycles. The van der Waals surface area contributed by atoms with Gasteiger partial charge in [-0.3, -0.25) is 20.0 Å². The number of aromatic nitrogens is 2. The lowest BCUT2D eigenvalue weighted by atomic mass is 9.95. The van der Waals surface area contributed by atoms with Crippen molar-refractivity contribution in [2.24, 2.45) is 0 Å². The van der Waals surface area contributed by atoms with E-state index in [2.05, 4.69) is 22.1 Å². The van der Waals surface area contributed by atoms with E-state index in [1.54, 1.807) is 6.20 Å². The molecule has 1 amide bonds. The second kappa shape index (κ2) is 6.30. The fourth-order valence-electron chi connectivity index (χ4n) is 3.22. The van der Waals surface area contributed by atoms with Gasteiger partial charge >= 0.3 is 0 Å². The molecule has 0 fully saturated rings. The van der Waals surface area contributed by atoms with Gasteiger partial charge in [0.05, 0.1) is 11.1 Å². The van der Waals surface area contributed by atoms with Gasteiger partial charge < -0.3 is 0 Å². The molecule has 3 aromatic rings. The fraction of sp³-hybridized carbons (Fsp3) is 0.278. The summed E-state index contributed by atoms with van der Waals surface area (Å²) in [4.78, 5) is 24.3. The maximum atomic E-state index is 13.0. The van der Waals surface area contributed by atoms with Gasteiger partial charge in [-0.25, -0.2) is 4.98 Å². The van der Waals surface area contributed by atoms with E-state index in [-0.39, 0.29) is 5.91 Å². The number of nitrogens with zero attached hydrogens (tertiary/aromatic N) is 3. The Balaban J connectivity index is 1.86. The molecule has 1 N–H and O–H groups in total. The molecule has 1 aromatic carbocycles. The standard InChI is InChI=1S/C18H18N4OS/c1-2-22-9-7-15-13(11-22)16(12-5-3-4-6-14(12)20-15)17(23)21-18-19-8-10-24-18/h3-6,8,10H,2,7,9,11H2,1H3,(H,19,21,23). The number of benzene rings is 1. The molecule has 1 aliphatic rings. The molecule has 122 valence electrons. The van der Waals surface area contributed by atoms with Crippen molar-refractivity contribution in [2.75, 3.05) is 18.4 Å². The molecule has 0 atom stereocenters. The number of likely N-dealkylation sites (N-methyl/N-ethyl adjacent to an activating group) is 1. The summed E-state index contributed by atoms with van der Waals surface area (Å²) >= 11 is 1.42. The largest absolute Gasteiger partial charge is 0.299 e. The zero-order valence-corrected chi connectivity index (χ0v) is 14.3. The Morgan fingerprint density at radius 2 is 2.25 bits per heavy atom. The first-order valence-electron chi connectivity index (χ1n) is 8.10. The lowest BCUT2D eigenvalue weighted by Crippen LogP contribution is -2.33. The highest BCUT2D eigenvalue weighted by Crippen LogP contribution is 2.29. The first-order valence-corrected chi connectivity index (χ1v) is 8.98. The minimum Gasteiger partial charge on any atom is -0.299 e. The summed E-state index contributed by atoms with van der Waals surface area (Å²) in [5.74, 6) is -0.0993. The number of amides is 1. The van der Waals surface area contributed by atoms with E-state index in [1.807, 2.05) is 29.6 Å². The molecular formula is C18H18N4OS. The van der Waals surface area contributed by atoms with Gasteiger partial charge in [0.2, 0.25) is 0 Å². The van der Waals surface area contributed by atoms with Crippen LogP contribution in [0.5, 0.6) is 0 Å². The zero-order chi connectivity index (χ0) is 16.5. The number of pyridine rings is 1. The molecule has 0 saturated heterocycles. The maximum Gasteiger partial charge on any atom is 0.258 e. The van der Waals surface area contributed by atoms with E-state index in [0.717, 1.165) is 53.8 Å². The number of nitrogens with one attached hydrogen (secondary N) is 1. The van der Waals surface area contributed by atoms with E-state index in [4.69, 9.17) is 4.98 Å². The number of para-hydroxylation sites is 1. The summed E-state index contributed by atoms with van der Waals surface area (Å²) in [6, 6.07) is 7.87. The number of carbonyl (C=O) groups excluding carboxylic acids is 1. The third-order valence-electron chi connectivity index (χ3n) is 4.45. The van der Waals surface area contributed by atoms with Crippen molar-refractivity contribution in [1.82, 2.24) is 14.9 Å². The predicted octanol–water partition coefficient (Wildman–Crippen LogP) is 3.32. The molecule has 0 unspecified atom stereocenters. The van der Waals surface area contributed by atoms with Crippen molar-refractivity contribution in [1.29, 1.82) is 0 Å². The molecule has 0 aliphatic carbocycles. The van der Waals surface area contributed by atoms with E-state index >= 15 is 0 Å². The predicted molar refractivity (Wildman–Crippen MR) is 96.5 cm³/mol. The van der Waals surface area contributed by atoms with Gasteiger partial charge in [0.1, 0.15) is 0 Å². The molecule has 4 rings (SSSR count). The lowest BCUT2D eigenvalue weighted by molar-refractivity contribution is 0.102. The third kappa shape index (κ3) is 2.68. The van der Waals surface area contributed by atoms with Crippen LogP contribution < -0.4 is 5.32 Å². The quantitative estimate of drug-likeness (QED) is 0.796. The zero-order valence-electron chi connectivity index (χ0n) is 13.5. The summed E-state index contributed by atoms with van der Waals surface area (Å²) in [5, 5.41) is 6.32. The van der Waals surface area contributed by atoms with Crippen molar-refractivity contribution in [3.05, 3.63) is 52.7 Å². The van der Waals surface area contributed by atoms with Crippen LogP contribution in [0.1, 0.15) is 28.5 Å². The highest BCUT2D eigenvalue weighted by atomic mass is 32.1.